The molecule has 13 heteroatoms. The summed E-state index contributed by atoms with van der Waals surface area (Å²) >= 11 is 0. The van der Waals surface area contributed by atoms with Crippen molar-refractivity contribution in [2.24, 2.45) is 0 Å². The van der Waals surface area contributed by atoms with E-state index in [-0.39, 0.29) is 18.9 Å². The third-order valence-corrected chi connectivity index (χ3v) is 15.0. The monoisotopic (exact) mass is 1030 g/mol. The van der Waals surface area contributed by atoms with Gasteiger partial charge in [0, 0.05) is 6.42 Å². The lowest BCUT2D eigenvalue weighted by Gasteiger charge is -2.41. The summed E-state index contributed by atoms with van der Waals surface area (Å²) in [4.78, 5) is 13.2. The van der Waals surface area contributed by atoms with E-state index in [1.54, 1.807) is 0 Å². The summed E-state index contributed by atoms with van der Waals surface area (Å²) in [6.45, 7) is 3.50. The Morgan fingerprint density at radius 2 is 0.901 bits per heavy atom. The maximum absolute atomic E-state index is 13.2. The smallest absolute Gasteiger partial charge is 0.394 e. The van der Waals surface area contributed by atoms with Crippen LogP contribution in [0.3, 0.4) is 0 Å². The fraction of sp³-hybridized carbons (Fsp3) is 0.948. The summed E-state index contributed by atoms with van der Waals surface area (Å²) in [5, 5.41) is 45.2. The highest BCUT2D eigenvalue weighted by atomic mass is 32.3. The van der Waals surface area contributed by atoms with Gasteiger partial charge in [-0.15, -0.1) is 0 Å². The Hall–Kier alpha value is -1.16. The minimum absolute atomic E-state index is 0.229. The number of amides is 1. The molecule has 1 heterocycles. The second kappa shape index (κ2) is 48.5. The van der Waals surface area contributed by atoms with Gasteiger partial charge in [0.25, 0.3) is 0 Å². The lowest BCUT2D eigenvalue weighted by atomic mass is 9.99. The molecule has 0 aromatic rings. The first kappa shape index (κ1) is 67.9. The highest BCUT2D eigenvalue weighted by Crippen LogP contribution is 2.26. The first-order valence-corrected chi connectivity index (χ1v) is 31.4. The molecule has 0 aromatic carbocycles. The van der Waals surface area contributed by atoms with Crippen LogP contribution in [0.4, 0.5) is 0 Å². The van der Waals surface area contributed by atoms with Gasteiger partial charge in [-0.1, -0.05) is 264 Å². The summed E-state index contributed by atoms with van der Waals surface area (Å²) in [6, 6.07) is -0.859. The minimum Gasteiger partial charge on any atom is -0.394 e. The molecule has 1 amide bonds. The minimum atomic E-state index is -5.08. The average molecular weight is 1030 g/mol. The third kappa shape index (κ3) is 40.8. The number of carbonyl (C=O) groups is 1. The first-order chi connectivity index (χ1) is 34.5. The van der Waals surface area contributed by atoms with Crippen LogP contribution < -0.4 is 5.32 Å². The first-order valence-electron chi connectivity index (χ1n) is 30.1. The molecule has 1 fully saturated rings. The molecule has 0 radical (unpaired) electrons. The number of carbonyl (C=O) groups excluding carboxylic acids is 1. The molecule has 0 bridgehead atoms. The lowest BCUT2D eigenvalue weighted by Crippen LogP contribution is -2.61. The molecule has 0 spiro atoms. The van der Waals surface area contributed by atoms with Crippen LogP contribution in [0, 0.1) is 0 Å². The number of rotatable bonds is 53. The second-order valence-electron chi connectivity index (χ2n) is 21.3. The summed E-state index contributed by atoms with van der Waals surface area (Å²) < 4.78 is 48.0. The van der Waals surface area contributed by atoms with Gasteiger partial charge in [0.05, 0.1) is 25.4 Å². The van der Waals surface area contributed by atoms with Crippen molar-refractivity contribution < 1.29 is 51.8 Å². The fourth-order valence-corrected chi connectivity index (χ4v) is 10.4. The predicted molar refractivity (Wildman–Crippen MR) is 292 cm³/mol. The molecule has 7 atom stereocenters. The van der Waals surface area contributed by atoms with Gasteiger partial charge in [-0.2, -0.15) is 8.42 Å². The molecule has 0 aliphatic carbocycles. The van der Waals surface area contributed by atoms with E-state index in [1.165, 1.54) is 212 Å². The van der Waals surface area contributed by atoms with E-state index in [4.69, 9.17) is 9.47 Å². The van der Waals surface area contributed by atoms with Crippen molar-refractivity contribution in [2.75, 3.05) is 13.2 Å². The Kier molecular flexibility index (Phi) is 46.3. The molecular formula is C58H113NO11S. The van der Waals surface area contributed by atoms with Crippen LogP contribution in [-0.2, 0) is 28.9 Å². The van der Waals surface area contributed by atoms with Crippen molar-refractivity contribution in [3.05, 3.63) is 12.2 Å². The Labute approximate surface area is 436 Å². The molecule has 422 valence electrons. The molecule has 7 unspecified atom stereocenters. The van der Waals surface area contributed by atoms with Crippen molar-refractivity contribution in [3.8, 4) is 0 Å². The van der Waals surface area contributed by atoms with Crippen LogP contribution in [0.2, 0.25) is 0 Å². The summed E-state index contributed by atoms with van der Waals surface area (Å²) in [7, 11) is -5.08. The average Bonchev–Trinajstić information content (AvgIpc) is 3.34. The molecule has 6 N–H and O–H groups in total. The molecule has 12 nitrogen and oxygen atoms in total. The van der Waals surface area contributed by atoms with Crippen LogP contribution in [0.5, 0.6) is 0 Å². The lowest BCUT2D eigenvalue weighted by molar-refractivity contribution is -0.298. The van der Waals surface area contributed by atoms with Crippen molar-refractivity contribution in [2.45, 2.75) is 339 Å². The van der Waals surface area contributed by atoms with Gasteiger partial charge in [0.15, 0.2) is 6.29 Å². The molecule has 0 aromatic heterocycles. The van der Waals surface area contributed by atoms with Gasteiger partial charge >= 0.3 is 10.4 Å². The van der Waals surface area contributed by atoms with E-state index in [2.05, 4.69) is 35.5 Å². The molecule has 1 saturated heterocycles. The maximum atomic E-state index is 13.2. The second-order valence-corrected chi connectivity index (χ2v) is 22.3. The van der Waals surface area contributed by atoms with Gasteiger partial charge in [0.2, 0.25) is 5.91 Å². The zero-order chi connectivity index (χ0) is 51.9. The highest BCUT2D eigenvalue weighted by molar-refractivity contribution is 7.80. The predicted octanol–water partition coefficient (Wildman–Crippen LogP) is 14.2. The number of allylic oxidation sites excluding steroid dienone is 2. The van der Waals surface area contributed by atoms with E-state index < -0.39 is 59.9 Å². The van der Waals surface area contributed by atoms with E-state index >= 15 is 0 Å². The fourth-order valence-electron chi connectivity index (χ4n) is 9.93. The van der Waals surface area contributed by atoms with Gasteiger partial charge in [0.1, 0.15) is 24.4 Å². The SMILES string of the molecule is CCCCCCCCCCCC/C=C\CCCCCCCCCC(=O)NC(COC1OC(CO)C(O)C(OS(=O)(=O)O)C1O)C(O)CCCCCCCCCCCCCCCCCCCCCCCCC. The summed E-state index contributed by atoms with van der Waals surface area (Å²) in [6.07, 6.45) is 49.3. The third-order valence-electron chi connectivity index (χ3n) is 14.6. The molecule has 1 rings (SSSR count). The van der Waals surface area contributed by atoms with Crippen LogP contribution >= 0.6 is 0 Å². The molecule has 1 aliphatic heterocycles. The van der Waals surface area contributed by atoms with E-state index in [1.807, 2.05) is 0 Å². The normalized spacial score (nSPS) is 19.5. The van der Waals surface area contributed by atoms with Crippen molar-refractivity contribution in [3.63, 3.8) is 0 Å². The van der Waals surface area contributed by atoms with Gasteiger partial charge in [-0.3, -0.25) is 9.35 Å². The molecule has 71 heavy (non-hydrogen) atoms. The maximum Gasteiger partial charge on any atom is 0.397 e. The van der Waals surface area contributed by atoms with Crippen molar-refractivity contribution >= 4 is 16.3 Å². The number of nitrogens with one attached hydrogen (secondary N) is 1. The van der Waals surface area contributed by atoms with E-state index in [0.29, 0.717) is 12.8 Å². The summed E-state index contributed by atoms with van der Waals surface area (Å²) in [5.74, 6) is -0.229. The van der Waals surface area contributed by atoms with Crippen LogP contribution in [0.25, 0.3) is 0 Å². The number of unbranched alkanes of at least 4 members (excludes halogenated alkanes) is 39. The Morgan fingerprint density at radius 3 is 1.27 bits per heavy atom. The topological polar surface area (TPSA) is 192 Å². The highest BCUT2D eigenvalue weighted by Gasteiger charge is 2.48. The number of hydrogen-bond donors (Lipinski definition) is 6. The Morgan fingerprint density at radius 1 is 0.549 bits per heavy atom. The van der Waals surface area contributed by atoms with Crippen molar-refractivity contribution in [1.82, 2.24) is 5.32 Å². The molecular weight excluding hydrogens is 919 g/mol. The number of aliphatic hydroxyl groups excluding tert-OH is 4. The largest absolute Gasteiger partial charge is 0.397 e. The number of ether oxygens (including phenoxy) is 2. The van der Waals surface area contributed by atoms with Crippen LogP contribution in [0.15, 0.2) is 12.2 Å². The standard InChI is InChI=1S/C58H113NO11S/c1-3-5-7-9-11-13-15-17-19-21-23-25-26-28-29-31-33-35-37-39-41-43-45-47-52(61)51(50-68-58-56(64)57(70-71(65,66)67)55(63)53(49-60)69-58)59-54(62)48-46-44-42-40-38-36-34-32-30-27-24-22-20-18-16-14-12-10-8-6-4-2/h27,30,51-53,55-58,60-61,63-64H,3-26,28-29,31-50H2,1-2H3,(H,59,62)(H,65,66,67)/b30-27-. The van der Waals surface area contributed by atoms with E-state index in [0.717, 1.165) is 51.4 Å². The van der Waals surface area contributed by atoms with Gasteiger partial charge in [-0.05, 0) is 38.5 Å². The molecule has 0 saturated carbocycles. The van der Waals surface area contributed by atoms with E-state index in [9.17, 15) is 38.2 Å². The Balaban J connectivity index is 2.34. The van der Waals surface area contributed by atoms with Crippen LogP contribution in [-0.4, -0.2) is 95.4 Å². The zero-order valence-corrected chi connectivity index (χ0v) is 46.6. The van der Waals surface area contributed by atoms with Crippen LogP contribution in [0.1, 0.15) is 296 Å². The Bertz CT molecular complexity index is 1310. The zero-order valence-electron chi connectivity index (χ0n) is 45.8. The van der Waals surface area contributed by atoms with Gasteiger partial charge < -0.3 is 35.2 Å². The van der Waals surface area contributed by atoms with Crippen molar-refractivity contribution in [1.29, 1.82) is 0 Å². The van der Waals surface area contributed by atoms with Gasteiger partial charge in [-0.25, -0.2) is 4.18 Å². The molecule has 1 aliphatic rings. The number of aliphatic hydroxyl groups is 4. The number of hydrogen-bond acceptors (Lipinski definition) is 10. The quantitative estimate of drug-likeness (QED) is 0.0193. The summed E-state index contributed by atoms with van der Waals surface area (Å²) in [5.41, 5.74) is 0.